The SMILES string of the molecule is CCOc1cc(CNCCCCCO)ccc1OCc1ccccc1. The first-order chi connectivity index (χ1) is 12.3. The summed E-state index contributed by atoms with van der Waals surface area (Å²) in [5.41, 5.74) is 2.32. The molecule has 0 unspecified atom stereocenters. The van der Waals surface area contributed by atoms with Gasteiger partial charge < -0.3 is 19.9 Å². The molecule has 0 spiro atoms. The Kier molecular flexibility index (Phi) is 8.87. The molecule has 2 rings (SSSR count). The molecule has 0 bridgehead atoms. The van der Waals surface area contributed by atoms with Crippen molar-refractivity contribution < 1.29 is 14.6 Å². The molecule has 0 saturated carbocycles. The zero-order chi connectivity index (χ0) is 17.7. The minimum Gasteiger partial charge on any atom is -0.490 e. The second kappa shape index (κ2) is 11.5. The van der Waals surface area contributed by atoms with Crippen molar-refractivity contribution >= 4 is 0 Å². The number of hydrogen-bond donors (Lipinski definition) is 2. The third kappa shape index (κ3) is 7.16. The Morgan fingerprint density at radius 3 is 2.48 bits per heavy atom. The fourth-order valence-corrected chi connectivity index (χ4v) is 2.56. The number of rotatable bonds is 12. The first-order valence-corrected chi connectivity index (χ1v) is 9.07. The molecular weight excluding hydrogens is 314 g/mol. The van der Waals surface area contributed by atoms with E-state index in [9.17, 15) is 0 Å². The fourth-order valence-electron chi connectivity index (χ4n) is 2.56. The summed E-state index contributed by atoms with van der Waals surface area (Å²) in [4.78, 5) is 0. The van der Waals surface area contributed by atoms with Gasteiger partial charge in [0.15, 0.2) is 11.5 Å². The zero-order valence-corrected chi connectivity index (χ0v) is 15.0. The highest BCUT2D eigenvalue weighted by Crippen LogP contribution is 2.29. The molecule has 4 nitrogen and oxygen atoms in total. The number of aliphatic hydroxyl groups is 1. The van der Waals surface area contributed by atoms with E-state index in [0.717, 1.165) is 49.4 Å². The molecule has 0 aliphatic rings. The lowest BCUT2D eigenvalue weighted by Crippen LogP contribution is -2.15. The van der Waals surface area contributed by atoms with Crippen LogP contribution in [0.25, 0.3) is 0 Å². The van der Waals surface area contributed by atoms with Crippen LogP contribution in [0.5, 0.6) is 11.5 Å². The molecule has 0 aliphatic heterocycles. The molecular formula is C21H29NO3. The first-order valence-electron chi connectivity index (χ1n) is 9.07. The van der Waals surface area contributed by atoms with Crippen LogP contribution >= 0.6 is 0 Å². The van der Waals surface area contributed by atoms with Gasteiger partial charge in [0.1, 0.15) is 6.61 Å². The molecule has 136 valence electrons. The molecule has 4 heteroatoms. The van der Waals surface area contributed by atoms with E-state index >= 15 is 0 Å². The van der Waals surface area contributed by atoms with E-state index in [2.05, 4.69) is 23.5 Å². The standard InChI is InChI=1S/C21H29NO3/c1-2-24-21-15-19(16-22-13-7-4-8-14-23)11-12-20(21)25-17-18-9-5-3-6-10-18/h3,5-6,9-12,15,22-23H,2,4,7-8,13-14,16-17H2,1H3. The maximum absolute atomic E-state index is 8.78. The topological polar surface area (TPSA) is 50.7 Å². The van der Waals surface area contributed by atoms with Crippen molar-refractivity contribution in [3.63, 3.8) is 0 Å². The number of aliphatic hydroxyl groups excluding tert-OH is 1. The van der Waals surface area contributed by atoms with Gasteiger partial charge in [0.2, 0.25) is 0 Å². The van der Waals surface area contributed by atoms with Gasteiger partial charge in [0, 0.05) is 13.2 Å². The van der Waals surface area contributed by atoms with Gasteiger partial charge in [0.25, 0.3) is 0 Å². The monoisotopic (exact) mass is 343 g/mol. The molecule has 0 aromatic heterocycles. The Labute approximate surface area is 150 Å². The summed E-state index contributed by atoms with van der Waals surface area (Å²) in [7, 11) is 0. The predicted molar refractivity (Wildman–Crippen MR) is 101 cm³/mol. The molecule has 0 aliphatic carbocycles. The highest BCUT2D eigenvalue weighted by molar-refractivity contribution is 5.43. The van der Waals surface area contributed by atoms with Crippen molar-refractivity contribution in [2.45, 2.75) is 39.3 Å². The Morgan fingerprint density at radius 2 is 1.72 bits per heavy atom. The quantitative estimate of drug-likeness (QED) is 0.574. The van der Waals surface area contributed by atoms with Crippen LogP contribution in [0, 0.1) is 0 Å². The van der Waals surface area contributed by atoms with Crippen LogP contribution in [0.3, 0.4) is 0 Å². The van der Waals surface area contributed by atoms with Crippen LogP contribution in [0.1, 0.15) is 37.3 Å². The first kappa shape index (κ1) is 19.3. The van der Waals surface area contributed by atoms with Crippen LogP contribution in [-0.2, 0) is 13.2 Å². The van der Waals surface area contributed by atoms with Crippen LogP contribution in [0.15, 0.2) is 48.5 Å². The van der Waals surface area contributed by atoms with Gasteiger partial charge in [-0.3, -0.25) is 0 Å². The molecule has 0 amide bonds. The van der Waals surface area contributed by atoms with Gasteiger partial charge in [-0.1, -0.05) is 36.4 Å². The smallest absolute Gasteiger partial charge is 0.161 e. The van der Waals surface area contributed by atoms with Crippen LogP contribution < -0.4 is 14.8 Å². The summed E-state index contributed by atoms with van der Waals surface area (Å²) in [5.74, 6) is 1.57. The Bertz CT molecular complexity index is 601. The van der Waals surface area contributed by atoms with Crippen LogP contribution in [0.2, 0.25) is 0 Å². The molecule has 2 aromatic carbocycles. The van der Waals surface area contributed by atoms with E-state index in [1.807, 2.05) is 37.3 Å². The van der Waals surface area contributed by atoms with E-state index in [1.165, 1.54) is 5.56 Å². The molecule has 2 aromatic rings. The van der Waals surface area contributed by atoms with E-state index < -0.39 is 0 Å². The lowest BCUT2D eigenvalue weighted by molar-refractivity contribution is 0.269. The average molecular weight is 343 g/mol. The highest BCUT2D eigenvalue weighted by atomic mass is 16.5. The Balaban J connectivity index is 1.87. The van der Waals surface area contributed by atoms with Gasteiger partial charge in [-0.2, -0.15) is 0 Å². The molecule has 0 saturated heterocycles. The fraction of sp³-hybridized carbons (Fsp3) is 0.429. The second-order valence-corrected chi connectivity index (χ2v) is 5.95. The Morgan fingerprint density at radius 1 is 0.880 bits per heavy atom. The minimum atomic E-state index is 0.280. The molecule has 2 N–H and O–H groups in total. The van der Waals surface area contributed by atoms with Crippen molar-refractivity contribution in [1.82, 2.24) is 5.32 Å². The summed E-state index contributed by atoms with van der Waals surface area (Å²) in [6.07, 6.45) is 3.01. The number of ether oxygens (including phenoxy) is 2. The van der Waals surface area contributed by atoms with Crippen LogP contribution in [0.4, 0.5) is 0 Å². The summed E-state index contributed by atoms with van der Waals surface area (Å²) in [6.45, 7) is 5.16. The van der Waals surface area contributed by atoms with Gasteiger partial charge in [-0.15, -0.1) is 0 Å². The highest BCUT2D eigenvalue weighted by Gasteiger charge is 2.07. The number of benzene rings is 2. The van der Waals surface area contributed by atoms with Gasteiger partial charge in [-0.05, 0) is 56.0 Å². The minimum absolute atomic E-state index is 0.280. The van der Waals surface area contributed by atoms with Crippen molar-refractivity contribution in [1.29, 1.82) is 0 Å². The van der Waals surface area contributed by atoms with Crippen molar-refractivity contribution in [2.24, 2.45) is 0 Å². The molecule has 0 fully saturated rings. The number of hydrogen-bond acceptors (Lipinski definition) is 4. The molecule has 0 atom stereocenters. The summed E-state index contributed by atoms with van der Waals surface area (Å²) < 4.78 is 11.7. The van der Waals surface area contributed by atoms with E-state index in [0.29, 0.717) is 13.2 Å². The molecule has 25 heavy (non-hydrogen) atoms. The van der Waals surface area contributed by atoms with Gasteiger partial charge in [-0.25, -0.2) is 0 Å². The largest absolute Gasteiger partial charge is 0.490 e. The maximum atomic E-state index is 8.78. The van der Waals surface area contributed by atoms with Crippen LogP contribution in [-0.4, -0.2) is 24.9 Å². The van der Waals surface area contributed by atoms with E-state index in [-0.39, 0.29) is 6.61 Å². The Hall–Kier alpha value is -2.04. The second-order valence-electron chi connectivity index (χ2n) is 5.95. The number of nitrogens with one attached hydrogen (secondary N) is 1. The third-order valence-corrected chi connectivity index (χ3v) is 3.89. The summed E-state index contributed by atoms with van der Waals surface area (Å²) >= 11 is 0. The van der Waals surface area contributed by atoms with Crippen molar-refractivity contribution in [2.75, 3.05) is 19.8 Å². The van der Waals surface area contributed by atoms with Crippen molar-refractivity contribution in [3.05, 3.63) is 59.7 Å². The lowest BCUT2D eigenvalue weighted by Gasteiger charge is -2.14. The van der Waals surface area contributed by atoms with E-state index in [4.69, 9.17) is 14.6 Å². The zero-order valence-electron chi connectivity index (χ0n) is 15.0. The predicted octanol–water partition coefficient (Wildman–Crippen LogP) is 3.92. The number of unbranched alkanes of at least 4 members (excludes halogenated alkanes) is 2. The molecule has 0 heterocycles. The van der Waals surface area contributed by atoms with E-state index in [1.54, 1.807) is 0 Å². The maximum Gasteiger partial charge on any atom is 0.161 e. The normalized spacial score (nSPS) is 10.6. The average Bonchev–Trinajstić information content (AvgIpc) is 2.65. The van der Waals surface area contributed by atoms with Gasteiger partial charge >= 0.3 is 0 Å². The summed E-state index contributed by atoms with van der Waals surface area (Å²) in [5, 5.41) is 12.2. The third-order valence-electron chi connectivity index (χ3n) is 3.89. The summed E-state index contributed by atoms with van der Waals surface area (Å²) in [6, 6.07) is 16.2. The molecule has 0 radical (unpaired) electrons. The van der Waals surface area contributed by atoms with Gasteiger partial charge in [0.05, 0.1) is 6.61 Å². The van der Waals surface area contributed by atoms with Crippen molar-refractivity contribution in [3.8, 4) is 11.5 Å². The lowest BCUT2D eigenvalue weighted by atomic mass is 10.2.